The van der Waals surface area contributed by atoms with E-state index in [2.05, 4.69) is 29.3 Å². The number of piperidine rings is 1. The van der Waals surface area contributed by atoms with E-state index in [4.69, 9.17) is 4.74 Å². The van der Waals surface area contributed by atoms with Gasteiger partial charge in [-0.25, -0.2) is 0 Å². The summed E-state index contributed by atoms with van der Waals surface area (Å²) < 4.78 is 5.19. The molecule has 2 fully saturated rings. The van der Waals surface area contributed by atoms with E-state index in [-0.39, 0.29) is 24.2 Å². The highest BCUT2D eigenvalue weighted by Gasteiger charge is 2.34. The van der Waals surface area contributed by atoms with Crippen LogP contribution >= 0.6 is 0 Å². The van der Waals surface area contributed by atoms with Gasteiger partial charge in [-0.05, 0) is 68.1 Å². The van der Waals surface area contributed by atoms with Gasteiger partial charge in [0.05, 0.1) is 13.0 Å². The fourth-order valence-corrected chi connectivity index (χ4v) is 4.78. The molecule has 0 radical (unpaired) electrons. The highest BCUT2D eigenvalue weighted by Crippen LogP contribution is 2.23. The fourth-order valence-electron chi connectivity index (χ4n) is 4.78. The molecule has 2 aromatic rings. The Bertz CT molecular complexity index is 942. The first-order chi connectivity index (χ1) is 16.0. The number of likely N-dealkylation sites (tertiary alicyclic amines) is 2. The molecule has 176 valence electrons. The van der Waals surface area contributed by atoms with E-state index in [0.29, 0.717) is 19.1 Å². The van der Waals surface area contributed by atoms with Gasteiger partial charge in [0.1, 0.15) is 5.75 Å². The van der Waals surface area contributed by atoms with Crippen LogP contribution in [0.25, 0.3) is 0 Å². The Morgan fingerprint density at radius 3 is 2.48 bits per heavy atom. The van der Waals surface area contributed by atoms with Gasteiger partial charge in [-0.3, -0.25) is 14.5 Å². The molecule has 0 spiro atoms. The predicted molar refractivity (Wildman–Crippen MR) is 130 cm³/mol. The summed E-state index contributed by atoms with van der Waals surface area (Å²) in [5, 5.41) is 3.01. The first-order valence-corrected chi connectivity index (χ1v) is 12.1. The molecule has 0 saturated carbocycles. The number of nitrogens with one attached hydrogen (secondary N) is 1. The average molecular weight is 450 g/mol. The van der Waals surface area contributed by atoms with Crippen molar-refractivity contribution in [2.75, 3.05) is 32.1 Å². The van der Waals surface area contributed by atoms with Crippen molar-refractivity contribution >= 4 is 17.5 Å². The highest BCUT2D eigenvalue weighted by atomic mass is 16.5. The summed E-state index contributed by atoms with van der Waals surface area (Å²) in [7, 11) is 1.65. The predicted octanol–water partition coefficient (Wildman–Crippen LogP) is 4.10. The molecule has 1 N–H and O–H groups in total. The van der Waals surface area contributed by atoms with Gasteiger partial charge in [-0.15, -0.1) is 0 Å². The van der Waals surface area contributed by atoms with Gasteiger partial charge in [0.2, 0.25) is 11.8 Å². The normalized spacial score (nSPS) is 21.3. The summed E-state index contributed by atoms with van der Waals surface area (Å²) in [4.78, 5) is 29.6. The molecule has 2 saturated heterocycles. The summed E-state index contributed by atoms with van der Waals surface area (Å²) in [5.41, 5.74) is 3.21. The largest absolute Gasteiger partial charge is 0.497 e. The Balaban J connectivity index is 1.25. The first-order valence-electron chi connectivity index (χ1n) is 12.1. The summed E-state index contributed by atoms with van der Waals surface area (Å²) in [6.07, 6.45) is 4.91. The maximum atomic E-state index is 12.8. The van der Waals surface area contributed by atoms with Gasteiger partial charge >= 0.3 is 0 Å². The number of carbonyl (C=O) groups is 2. The third kappa shape index (κ3) is 6.14. The minimum atomic E-state index is -0.303. The van der Waals surface area contributed by atoms with Crippen LogP contribution in [0.3, 0.4) is 0 Å². The monoisotopic (exact) mass is 449 g/mol. The Hall–Kier alpha value is -2.86. The van der Waals surface area contributed by atoms with Crippen molar-refractivity contribution in [3.63, 3.8) is 0 Å². The maximum absolute atomic E-state index is 12.8. The minimum Gasteiger partial charge on any atom is -0.497 e. The van der Waals surface area contributed by atoms with Crippen molar-refractivity contribution in [2.24, 2.45) is 5.92 Å². The minimum absolute atomic E-state index is 0.0506. The summed E-state index contributed by atoms with van der Waals surface area (Å²) in [6, 6.07) is 16.6. The second-order valence-electron chi connectivity index (χ2n) is 9.34. The van der Waals surface area contributed by atoms with Crippen molar-refractivity contribution in [3.8, 4) is 5.75 Å². The molecule has 0 aliphatic carbocycles. The number of hydrogen-bond acceptors (Lipinski definition) is 4. The average Bonchev–Trinajstić information content (AvgIpc) is 3.21. The third-order valence-electron chi connectivity index (χ3n) is 6.96. The van der Waals surface area contributed by atoms with E-state index in [1.807, 2.05) is 36.4 Å². The van der Waals surface area contributed by atoms with E-state index in [1.54, 1.807) is 12.0 Å². The lowest BCUT2D eigenvalue weighted by atomic mass is 10.0. The molecule has 2 aliphatic heterocycles. The van der Waals surface area contributed by atoms with Crippen molar-refractivity contribution in [1.29, 1.82) is 0 Å². The van der Waals surface area contributed by atoms with Crippen LogP contribution in [0, 0.1) is 5.92 Å². The number of carbonyl (C=O) groups excluding carboxylic acids is 2. The molecule has 2 aromatic carbocycles. The van der Waals surface area contributed by atoms with E-state index in [1.165, 1.54) is 24.8 Å². The Labute approximate surface area is 196 Å². The van der Waals surface area contributed by atoms with Gasteiger partial charge in [-0.2, -0.15) is 0 Å². The molecule has 4 rings (SSSR count). The van der Waals surface area contributed by atoms with Crippen LogP contribution in [0.2, 0.25) is 0 Å². The molecule has 2 aliphatic rings. The van der Waals surface area contributed by atoms with Crippen molar-refractivity contribution in [3.05, 3.63) is 59.7 Å². The van der Waals surface area contributed by atoms with Crippen LogP contribution < -0.4 is 10.1 Å². The summed E-state index contributed by atoms with van der Waals surface area (Å²) in [6.45, 7) is 5.52. The van der Waals surface area contributed by atoms with Crippen molar-refractivity contribution in [1.82, 2.24) is 9.80 Å². The number of methoxy groups -OCH3 is 1. The topological polar surface area (TPSA) is 61.9 Å². The molecule has 6 heteroatoms. The number of hydrogen-bond donors (Lipinski definition) is 1. The fraction of sp³-hybridized carbons (Fsp3) is 0.481. The summed E-state index contributed by atoms with van der Waals surface area (Å²) >= 11 is 0. The van der Waals surface area contributed by atoms with Crippen LogP contribution in [0.1, 0.15) is 43.7 Å². The summed E-state index contributed by atoms with van der Waals surface area (Å²) in [5.74, 6) is 0.492. The maximum Gasteiger partial charge on any atom is 0.229 e. The molecule has 33 heavy (non-hydrogen) atoms. The Kier molecular flexibility index (Phi) is 7.65. The second-order valence-corrected chi connectivity index (χ2v) is 9.34. The van der Waals surface area contributed by atoms with E-state index >= 15 is 0 Å². The first kappa shape index (κ1) is 23.3. The van der Waals surface area contributed by atoms with Gasteiger partial charge in [-0.1, -0.05) is 30.7 Å². The number of benzene rings is 2. The molecule has 2 heterocycles. The van der Waals surface area contributed by atoms with E-state index in [9.17, 15) is 9.59 Å². The van der Waals surface area contributed by atoms with Gasteiger partial charge in [0.15, 0.2) is 0 Å². The van der Waals surface area contributed by atoms with Crippen molar-refractivity contribution < 1.29 is 14.3 Å². The quantitative estimate of drug-likeness (QED) is 0.659. The van der Waals surface area contributed by atoms with E-state index < -0.39 is 0 Å². The molecular formula is C27H35N3O3. The van der Waals surface area contributed by atoms with Gasteiger partial charge in [0, 0.05) is 37.8 Å². The van der Waals surface area contributed by atoms with Crippen LogP contribution in [0.5, 0.6) is 5.75 Å². The van der Waals surface area contributed by atoms with Gasteiger partial charge < -0.3 is 15.0 Å². The molecule has 0 aromatic heterocycles. The zero-order chi connectivity index (χ0) is 23.2. The smallest absolute Gasteiger partial charge is 0.229 e. The van der Waals surface area contributed by atoms with Crippen molar-refractivity contribution in [2.45, 2.75) is 51.6 Å². The lowest BCUT2D eigenvalue weighted by molar-refractivity contribution is -0.128. The number of anilines is 1. The molecular weight excluding hydrogens is 414 g/mol. The molecule has 0 bridgehead atoms. The lowest BCUT2D eigenvalue weighted by Gasteiger charge is -2.33. The van der Waals surface area contributed by atoms with Crippen LogP contribution in [-0.2, 0) is 22.6 Å². The number of nitrogens with zero attached hydrogens (tertiary/aromatic N) is 2. The SMILES string of the molecule is COc1ccc(CCN2CC(C(=O)Nc3ccc(CN4CCCCC4C)cc3)CC2=O)cc1. The molecule has 2 unspecified atom stereocenters. The molecule has 2 atom stereocenters. The number of rotatable bonds is 8. The van der Waals surface area contributed by atoms with Crippen LogP contribution in [0.4, 0.5) is 5.69 Å². The van der Waals surface area contributed by atoms with E-state index in [0.717, 1.165) is 36.5 Å². The zero-order valence-electron chi connectivity index (χ0n) is 19.8. The number of ether oxygens (including phenoxy) is 1. The van der Waals surface area contributed by atoms with Crippen LogP contribution in [0.15, 0.2) is 48.5 Å². The Morgan fingerprint density at radius 2 is 1.79 bits per heavy atom. The highest BCUT2D eigenvalue weighted by molar-refractivity contribution is 5.97. The lowest BCUT2D eigenvalue weighted by Crippen LogP contribution is -2.36. The zero-order valence-corrected chi connectivity index (χ0v) is 19.8. The van der Waals surface area contributed by atoms with Crippen LogP contribution in [-0.4, -0.2) is 54.4 Å². The Morgan fingerprint density at radius 1 is 1.06 bits per heavy atom. The van der Waals surface area contributed by atoms with Gasteiger partial charge in [0.25, 0.3) is 0 Å². The third-order valence-corrected chi connectivity index (χ3v) is 6.96. The second kappa shape index (κ2) is 10.8. The molecule has 6 nitrogen and oxygen atoms in total. The molecule has 2 amide bonds. The number of amides is 2. The standard InChI is InChI=1S/C27H35N3O3/c1-20-5-3-4-15-29(20)18-22-6-10-24(11-7-22)28-27(32)23-17-26(31)30(19-23)16-14-21-8-12-25(33-2)13-9-21/h6-13,20,23H,3-5,14-19H2,1-2H3,(H,28,32).